The molecule has 1 aromatic heterocycles. The van der Waals surface area contributed by atoms with Crippen molar-refractivity contribution in [3.63, 3.8) is 0 Å². The smallest absolute Gasteiger partial charge is 0.238 e. The summed E-state index contributed by atoms with van der Waals surface area (Å²) < 4.78 is 27.7. The van der Waals surface area contributed by atoms with E-state index < -0.39 is 10.0 Å². The molecule has 1 heterocycles. The van der Waals surface area contributed by atoms with E-state index in [0.717, 1.165) is 16.8 Å². The van der Waals surface area contributed by atoms with Gasteiger partial charge in [-0.3, -0.25) is 0 Å². The second-order valence-electron chi connectivity index (χ2n) is 4.58. The number of methoxy groups -OCH3 is 1. The molecule has 2 aromatic rings. The van der Waals surface area contributed by atoms with Crippen LogP contribution < -0.4 is 15.2 Å². The number of nitrogens with two attached hydrogens (primary N) is 1. The van der Waals surface area contributed by atoms with Crippen LogP contribution >= 0.6 is 0 Å². The van der Waals surface area contributed by atoms with E-state index in [1.165, 1.54) is 12.1 Å². The van der Waals surface area contributed by atoms with E-state index in [1.807, 2.05) is 13.0 Å². The Balaban J connectivity index is 2.15. The average Bonchev–Trinajstić information content (AvgIpc) is 2.45. The molecule has 0 aliphatic heterocycles. The molecule has 0 radical (unpaired) electrons. The minimum Gasteiger partial charge on any atom is -0.481 e. The number of sulfonamides is 1. The van der Waals surface area contributed by atoms with Crippen LogP contribution in [0, 0.1) is 6.92 Å². The van der Waals surface area contributed by atoms with Crippen LogP contribution in [0.5, 0.6) is 5.88 Å². The molecule has 21 heavy (non-hydrogen) atoms. The third-order valence-corrected chi connectivity index (χ3v) is 3.94. The highest BCUT2D eigenvalue weighted by Crippen LogP contribution is 2.20. The highest BCUT2D eigenvalue weighted by atomic mass is 32.2. The first kappa shape index (κ1) is 15.3. The standard InChI is InChI=1S/C14H17N3O3S/c1-10-3-5-12(21(15,18)19)7-13(10)16-8-11-4-6-14(20-2)17-9-11/h3-7,9,16H,8H2,1-2H3,(H2,15,18,19). The number of primary sulfonamides is 1. The lowest BCUT2D eigenvalue weighted by atomic mass is 10.2. The number of pyridine rings is 1. The van der Waals surface area contributed by atoms with E-state index in [0.29, 0.717) is 12.4 Å². The van der Waals surface area contributed by atoms with E-state index in [4.69, 9.17) is 9.88 Å². The maximum atomic E-state index is 11.4. The lowest BCUT2D eigenvalue weighted by Crippen LogP contribution is -2.13. The maximum absolute atomic E-state index is 11.4. The molecule has 3 N–H and O–H groups in total. The number of benzene rings is 1. The summed E-state index contributed by atoms with van der Waals surface area (Å²) in [6.07, 6.45) is 1.70. The highest BCUT2D eigenvalue weighted by Gasteiger charge is 2.09. The summed E-state index contributed by atoms with van der Waals surface area (Å²) in [5.74, 6) is 0.547. The van der Waals surface area contributed by atoms with Crippen molar-refractivity contribution in [2.45, 2.75) is 18.4 Å². The van der Waals surface area contributed by atoms with Crippen molar-refractivity contribution in [2.75, 3.05) is 12.4 Å². The molecule has 0 spiro atoms. The van der Waals surface area contributed by atoms with Crippen molar-refractivity contribution in [3.8, 4) is 5.88 Å². The van der Waals surface area contributed by atoms with Gasteiger partial charge in [0.15, 0.2) is 0 Å². The summed E-state index contributed by atoms with van der Waals surface area (Å²) in [7, 11) is -2.15. The van der Waals surface area contributed by atoms with E-state index in [1.54, 1.807) is 25.4 Å². The van der Waals surface area contributed by atoms with Gasteiger partial charge in [-0.05, 0) is 30.2 Å². The molecule has 2 rings (SSSR count). The fraction of sp³-hybridized carbons (Fsp3) is 0.214. The molecule has 112 valence electrons. The van der Waals surface area contributed by atoms with Gasteiger partial charge in [0.2, 0.25) is 15.9 Å². The summed E-state index contributed by atoms with van der Waals surface area (Å²) in [6.45, 7) is 2.41. The van der Waals surface area contributed by atoms with Crippen LogP contribution in [0.15, 0.2) is 41.4 Å². The number of ether oxygens (including phenoxy) is 1. The molecule has 6 nitrogen and oxygen atoms in total. The van der Waals surface area contributed by atoms with Crippen molar-refractivity contribution in [1.29, 1.82) is 0 Å². The van der Waals surface area contributed by atoms with Crippen molar-refractivity contribution < 1.29 is 13.2 Å². The molecule has 0 bridgehead atoms. The lowest BCUT2D eigenvalue weighted by molar-refractivity contribution is 0.397. The van der Waals surface area contributed by atoms with Crippen LogP contribution in [0.25, 0.3) is 0 Å². The van der Waals surface area contributed by atoms with Crippen LogP contribution in [0.4, 0.5) is 5.69 Å². The summed E-state index contributed by atoms with van der Waals surface area (Å²) in [6, 6.07) is 8.39. The van der Waals surface area contributed by atoms with Gasteiger partial charge in [-0.15, -0.1) is 0 Å². The number of hydrogen-bond donors (Lipinski definition) is 2. The first-order chi connectivity index (χ1) is 9.90. The Bertz CT molecular complexity index is 728. The number of aryl methyl sites for hydroxylation is 1. The Kier molecular flexibility index (Phi) is 4.44. The van der Waals surface area contributed by atoms with E-state index in [-0.39, 0.29) is 4.90 Å². The number of nitrogens with one attached hydrogen (secondary N) is 1. The molecule has 0 fully saturated rings. The topological polar surface area (TPSA) is 94.3 Å². The molecule has 0 aliphatic rings. The van der Waals surface area contributed by atoms with Crippen LogP contribution in [-0.4, -0.2) is 20.5 Å². The zero-order chi connectivity index (χ0) is 15.5. The summed E-state index contributed by atoms with van der Waals surface area (Å²) >= 11 is 0. The molecule has 7 heteroatoms. The SMILES string of the molecule is COc1ccc(CNc2cc(S(N)(=O)=O)ccc2C)cn1. The maximum Gasteiger partial charge on any atom is 0.238 e. The Morgan fingerprint density at radius 1 is 1.29 bits per heavy atom. The van der Waals surface area contributed by atoms with Gasteiger partial charge in [-0.2, -0.15) is 0 Å². The number of aromatic nitrogens is 1. The molecule has 0 unspecified atom stereocenters. The number of anilines is 1. The molecule has 0 aliphatic carbocycles. The van der Waals surface area contributed by atoms with Crippen LogP contribution in [0.2, 0.25) is 0 Å². The third kappa shape index (κ3) is 3.93. The summed E-state index contributed by atoms with van der Waals surface area (Å²) in [4.78, 5) is 4.20. The van der Waals surface area contributed by atoms with Crippen LogP contribution in [-0.2, 0) is 16.6 Å². The Hall–Kier alpha value is -2.12. The second-order valence-corrected chi connectivity index (χ2v) is 6.15. The summed E-state index contributed by atoms with van der Waals surface area (Å²) in [5.41, 5.74) is 2.61. The number of rotatable bonds is 5. The molecule has 0 atom stereocenters. The minimum atomic E-state index is -3.70. The van der Waals surface area contributed by atoms with Crippen molar-refractivity contribution >= 4 is 15.7 Å². The number of hydrogen-bond acceptors (Lipinski definition) is 5. The monoisotopic (exact) mass is 307 g/mol. The molecule has 0 amide bonds. The zero-order valence-corrected chi connectivity index (χ0v) is 12.6. The predicted molar refractivity (Wildman–Crippen MR) is 80.7 cm³/mol. The third-order valence-electron chi connectivity index (χ3n) is 3.03. The van der Waals surface area contributed by atoms with Gasteiger partial charge < -0.3 is 10.1 Å². The van der Waals surface area contributed by atoms with Gasteiger partial charge >= 0.3 is 0 Å². The predicted octanol–water partition coefficient (Wildman–Crippen LogP) is 1.66. The van der Waals surface area contributed by atoms with Gasteiger partial charge in [-0.1, -0.05) is 12.1 Å². The van der Waals surface area contributed by atoms with Gasteiger partial charge in [0.1, 0.15) is 0 Å². The lowest BCUT2D eigenvalue weighted by Gasteiger charge is -2.11. The van der Waals surface area contributed by atoms with Crippen LogP contribution in [0.1, 0.15) is 11.1 Å². The fourth-order valence-corrected chi connectivity index (χ4v) is 2.34. The van der Waals surface area contributed by atoms with Gasteiger partial charge in [0.25, 0.3) is 0 Å². The van der Waals surface area contributed by atoms with Gasteiger partial charge in [0.05, 0.1) is 12.0 Å². The zero-order valence-electron chi connectivity index (χ0n) is 11.8. The van der Waals surface area contributed by atoms with Gasteiger partial charge in [0, 0.05) is 24.5 Å². The fourth-order valence-electron chi connectivity index (χ4n) is 1.80. The second kappa shape index (κ2) is 6.11. The normalized spacial score (nSPS) is 11.2. The van der Waals surface area contributed by atoms with Crippen molar-refractivity contribution in [1.82, 2.24) is 4.98 Å². The quantitative estimate of drug-likeness (QED) is 0.876. The molecular formula is C14H17N3O3S. The molecule has 0 saturated carbocycles. The molecular weight excluding hydrogens is 290 g/mol. The van der Waals surface area contributed by atoms with Crippen LogP contribution in [0.3, 0.4) is 0 Å². The van der Waals surface area contributed by atoms with Crippen molar-refractivity contribution in [2.24, 2.45) is 5.14 Å². The largest absolute Gasteiger partial charge is 0.481 e. The summed E-state index contributed by atoms with van der Waals surface area (Å²) in [5, 5.41) is 8.31. The van der Waals surface area contributed by atoms with E-state index >= 15 is 0 Å². The van der Waals surface area contributed by atoms with Crippen molar-refractivity contribution in [3.05, 3.63) is 47.7 Å². The minimum absolute atomic E-state index is 0.0865. The Labute approximate surface area is 124 Å². The Morgan fingerprint density at radius 2 is 2.05 bits per heavy atom. The van der Waals surface area contributed by atoms with Gasteiger partial charge in [-0.25, -0.2) is 18.5 Å². The first-order valence-corrected chi connectivity index (χ1v) is 7.81. The van der Waals surface area contributed by atoms with E-state index in [9.17, 15) is 8.42 Å². The average molecular weight is 307 g/mol. The first-order valence-electron chi connectivity index (χ1n) is 6.26. The van der Waals surface area contributed by atoms with E-state index in [2.05, 4.69) is 10.3 Å². The Morgan fingerprint density at radius 3 is 2.62 bits per heavy atom. The highest BCUT2D eigenvalue weighted by molar-refractivity contribution is 7.89. The molecule has 1 aromatic carbocycles. The molecule has 0 saturated heterocycles. The number of nitrogens with zero attached hydrogens (tertiary/aromatic N) is 1.